The van der Waals surface area contributed by atoms with Crippen molar-refractivity contribution in [1.29, 1.82) is 0 Å². The quantitative estimate of drug-likeness (QED) is 0.923. The number of carbonyl (C=O) groups excluding carboxylic acids is 1. The van der Waals surface area contributed by atoms with E-state index in [1.807, 2.05) is 19.0 Å². The molecule has 1 fully saturated rings. The van der Waals surface area contributed by atoms with Crippen LogP contribution in [-0.2, 0) is 6.42 Å². The molecule has 0 aliphatic carbocycles. The molecule has 1 heterocycles. The number of benzene rings is 1. The Morgan fingerprint density at radius 1 is 1.33 bits per heavy atom. The number of rotatable bonds is 4. The maximum Gasteiger partial charge on any atom is 0.319 e. The minimum atomic E-state index is 0.133. The molecule has 0 saturated carbocycles. The van der Waals surface area contributed by atoms with Gasteiger partial charge in [-0.25, -0.2) is 4.79 Å². The Hall–Kier alpha value is -1.55. The summed E-state index contributed by atoms with van der Waals surface area (Å²) in [5.74, 6) is 0. The lowest BCUT2D eigenvalue weighted by atomic mass is 10.0. The smallest absolute Gasteiger partial charge is 0.319 e. The second-order valence-electron chi connectivity index (χ2n) is 6.13. The Morgan fingerprint density at radius 3 is 2.67 bits per heavy atom. The van der Waals surface area contributed by atoms with Crippen molar-refractivity contribution < 1.29 is 4.79 Å². The zero-order valence-electron chi connectivity index (χ0n) is 13.4. The van der Waals surface area contributed by atoms with Crippen LogP contribution in [0.1, 0.15) is 24.0 Å². The summed E-state index contributed by atoms with van der Waals surface area (Å²) in [4.78, 5) is 15.5. The van der Waals surface area contributed by atoms with Gasteiger partial charge in [0.1, 0.15) is 0 Å². The molecule has 0 radical (unpaired) electrons. The van der Waals surface area contributed by atoms with Gasteiger partial charge in [-0.3, -0.25) is 0 Å². The van der Waals surface area contributed by atoms with Crippen LogP contribution in [-0.4, -0.2) is 55.6 Å². The maximum atomic E-state index is 11.9. The van der Waals surface area contributed by atoms with Crippen molar-refractivity contribution in [2.75, 3.05) is 33.7 Å². The fourth-order valence-electron chi connectivity index (χ4n) is 2.85. The molecule has 1 saturated heterocycles. The summed E-state index contributed by atoms with van der Waals surface area (Å²) in [5, 5.41) is 3.63. The summed E-state index contributed by atoms with van der Waals surface area (Å²) >= 11 is 0. The molecular weight excluding hydrogens is 262 g/mol. The van der Waals surface area contributed by atoms with E-state index in [1.165, 1.54) is 11.1 Å². The number of piperidine rings is 1. The van der Waals surface area contributed by atoms with E-state index in [2.05, 4.69) is 36.5 Å². The molecule has 0 atom stereocenters. The molecule has 2 amide bonds. The Bertz CT molecular complexity index is 465. The largest absolute Gasteiger partial charge is 0.331 e. The SMILES string of the molecule is Cc1cccc(CCNC2CCN(C(=O)N(C)C)CC2)c1. The highest BCUT2D eigenvalue weighted by atomic mass is 16.2. The van der Waals surface area contributed by atoms with Crippen LogP contribution in [0.5, 0.6) is 0 Å². The van der Waals surface area contributed by atoms with Gasteiger partial charge in [0.15, 0.2) is 0 Å². The number of hydrogen-bond donors (Lipinski definition) is 1. The first-order valence-corrected chi connectivity index (χ1v) is 7.81. The third kappa shape index (κ3) is 4.74. The van der Waals surface area contributed by atoms with Gasteiger partial charge in [-0.15, -0.1) is 0 Å². The van der Waals surface area contributed by atoms with Gasteiger partial charge >= 0.3 is 6.03 Å². The molecule has 1 aliphatic heterocycles. The molecule has 4 nitrogen and oxygen atoms in total. The molecule has 1 aromatic rings. The lowest BCUT2D eigenvalue weighted by Gasteiger charge is -2.34. The van der Waals surface area contributed by atoms with Crippen LogP contribution in [0.15, 0.2) is 24.3 Å². The molecule has 1 N–H and O–H groups in total. The molecular formula is C17H27N3O. The molecule has 0 aromatic heterocycles. The number of nitrogens with one attached hydrogen (secondary N) is 1. The monoisotopic (exact) mass is 289 g/mol. The number of hydrogen-bond acceptors (Lipinski definition) is 2. The molecule has 21 heavy (non-hydrogen) atoms. The fraction of sp³-hybridized carbons (Fsp3) is 0.588. The Labute approximate surface area is 128 Å². The van der Waals surface area contributed by atoms with E-state index in [0.29, 0.717) is 6.04 Å². The van der Waals surface area contributed by atoms with Crippen molar-refractivity contribution in [3.8, 4) is 0 Å². The van der Waals surface area contributed by atoms with E-state index >= 15 is 0 Å². The van der Waals surface area contributed by atoms with E-state index in [0.717, 1.165) is 38.9 Å². The molecule has 116 valence electrons. The maximum absolute atomic E-state index is 11.9. The van der Waals surface area contributed by atoms with Gasteiger partial charge in [-0.05, 0) is 38.3 Å². The number of amides is 2. The number of carbonyl (C=O) groups is 1. The van der Waals surface area contributed by atoms with Gasteiger partial charge in [0.25, 0.3) is 0 Å². The third-order valence-corrected chi connectivity index (χ3v) is 4.08. The van der Waals surface area contributed by atoms with Crippen molar-refractivity contribution in [1.82, 2.24) is 15.1 Å². The molecule has 0 unspecified atom stereocenters. The summed E-state index contributed by atoms with van der Waals surface area (Å²) < 4.78 is 0. The Balaban J connectivity index is 1.68. The summed E-state index contributed by atoms with van der Waals surface area (Å²) in [6.45, 7) is 4.86. The van der Waals surface area contributed by atoms with Crippen LogP contribution in [0, 0.1) is 6.92 Å². The molecule has 1 aliphatic rings. The van der Waals surface area contributed by atoms with Gasteiger partial charge in [-0.2, -0.15) is 0 Å². The summed E-state index contributed by atoms with van der Waals surface area (Å²) in [6, 6.07) is 9.37. The van der Waals surface area contributed by atoms with E-state index in [-0.39, 0.29) is 6.03 Å². The number of likely N-dealkylation sites (tertiary alicyclic amines) is 1. The van der Waals surface area contributed by atoms with Crippen LogP contribution in [0.2, 0.25) is 0 Å². The van der Waals surface area contributed by atoms with E-state index in [1.54, 1.807) is 4.90 Å². The highest BCUT2D eigenvalue weighted by Gasteiger charge is 2.23. The topological polar surface area (TPSA) is 35.6 Å². The first-order valence-electron chi connectivity index (χ1n) is 7.81. The Morgan fingerprint density at radius 2 is 2.05 bits per heavy atom. The van der Waals surface area contributed by atoms with Gasteiger partial charge in [-0.1, -0.05) is 29.8 Å². The van der Waals surface area contributed by atoms with E-state index < -0.39 is 0 Å². The molecule has 0 spiro atoms. The molecule has 4 heteroatoms. The number of aryl methyl sites for hydroxylation is 1. The van der Waals surface area contributed by atoms with Gasteiger partial charge in [0, 0.05) is 33.2 Å². The molecule has 0 bridgehead atoms. The summed E-state index contributed by atoms with van der Waals surface area (Å²) in [7, 11) is 3.63. The van der Waals surface area contributed by atoms with Gasteiger partial charge in [0.2, 0.25) is 0 Å². The number of nitrogens with zero attached hydrogens (tertiary/aromatic N) is 2. The van der Waals surface area contributed by atoms with Crippen LogP contribution in [0.4, 0.5) is 4.79 Å². The third-order valence-electron chi connectivity index (χ3n) is 4.08. The highest BCUT2D eigenvalue weighted by Crippen LogP contribution is 2.12. The van der Waals surface area contributed by atoms with Crippen molar-refractivity contribution in [2.45, 2.75) is 32.2 Å². The second-order valence-corrected chi connectivity index (χ2v) is 6.13. The van der Waals surface area contributed by atoms with E-state index in [9.17, 15) is 4.79 Å². The van der Waals surface area contributed by atoms with Crippen molar-refractivity contribution >= 4 is 6.03 Å². The van der Waals surface area contributed by atoms with Gasteiger partial charge in [0.05, 0.1) is 0 Å². The Kier molecular flexibility index (Phi) is 5.62. The predicted molar refractivity (Wildman–Crippen MR) is 86.6 cm³/mol. The van der Waals surface area contributed by atoms with Crippen LogP contribution >= 0.6 is 0 Å². The standard InChI is InChI=1S/C17H27N3O/c1-14-5-4-6-15(13-14)7-10-18-16-8-11-20(12-9-16)17(21)19(2)3/h4-6,13,16,18H,7-12H2,1-3H3. The molecule has 2 rings (SSSR count). The first-order chi connectivity index (χ1) is 10.1. The van der Waals surface area contributed by atoms with Crippen LogP contribution in [0.25, 0.3) is 0 Å². The average Bonchev–Trinajstić information content (AvgIpc) is 2.47. The average molecular weight is 289 g/mol. The second kappa shape index (κ2) is 7.46. The normalized spacial score (nSPS) is 16.0. The number of urea groups is 1. The first kappa shape index (κ1) is 15.8. The lowest BCUT2D eigenvalue weighted by Crippen LogP contribution is -2.48. The van der Waals surface area contributed by atoms with E-state index in [4.69, 9.17) is 0 Å². The summed E-state index contributed by atoms with van der Waals surface area (Å²) in [6.07, 6.45) is 3.17. The fourth-order valence-corrected chi connectivity index (χ4v) is 2.85. The van der Waals surface area contributed by atoms with Gasteiger partial charge < -0.3 is 15.1 Å². The molecule has 1 aromatic carbocycles. The van der Waals surface area contributed by atoms with Crippen molar-refractivity contribution in [3.05, 3.63) is 35.4 Å². The predicted octanol–water partition coefficient (Wildman–Crippen LogP) is 2.27. The van der Waals surface area contributed by atoms with Crippen molar-refractivity contribution in [2.24, 2.45) is 0 Å². The zero-order valence-corrected chi connectivity index (χ0v) is 13.4. The summed E-state index contributed by atoms with van der Waals surface area (Å²) in [5.41, 5.74) is 2.71. The minimum absolute atomic E-state index is 0.133. The highest BCUT2D eigenvalue weighted by molar-refractivity contribution is 5.73. The lowest BCUT2D eigenvalue weighted by molar-refractivity contribution is 0.152. The van der Waals surface area contributed by atoms with Crippen LogP contribution in [0.3, 0.4) is 0 Å². The van der Waals surface area contributed by atoms with Crippen LogP contribution < -0.4 is 5.32 Å². The zero-order chi connectivity index (χ0) is 15.2. The minimum Gasteiger partial charge on any atom is -0.331 e. The van der Waals surface area contributed by atoms with Crippen molar-refractivity contribution in [3.63, 3.8) is 0 Å².